The number of aromatic hydroxyl groups is 1. The number of benzene rings is 1. The van der Waals surface area contributed by atoms with Crippen LogP contribution < -0.4 is 27.4 Å². The molecule has 0 aromatic heterocycles. The molecule has 210 valence electrons. The molecule has 0 spiro atoms. The Morgan fingerprint density at radius 1 is 0.737 bits per heavy atom. The number of nitrogens with two attached hydrogens (primary N) is 2. The Labute approximate surface area is 217 Å². The van der Waals surface area contributed by atoms with Crippen molar-refractivity contribution in [2.24, 2.45) is 11.5 Å². The third kappa shape index (κ3) is 11.7. The van der Waals surface area contributed by atoms with Crippen LogP contribution in [0.15, 0.2) is 24.3 Å². The SMILES string of the molecule is NCCCC[C@H](NC(=O)[C@H](Cc1ccc(O)cc1)NC(=O)[C@@H](N)CC(=O)O)C(=O)N[C@@H](CC(=O)O)C(=O)O. The lowest BCUT2D eigenvalue weighted by Gasteiger charge is -2.25. The van der Waals surface area contributed by atoms with Crippen LogP contribution in [-0.4, -0.2) is 86.8 Å². The molecule has 4 atom stereocenters. The molecule has 0 aliphatic carbocycles. The van der Waals surface area contributed by atoms with Gasteiger partial charge in [0.15, 0.2) is 0 Å². The van der Waals surface area contributed by atoms with Gasteiger partial charge in [-0.1, -0.05) is 12.1 Å². The van der Waals surface area contributed by atoms with Crippen LogP contribution in [0.3, 0.4) is 0 Å². The number of phenols is 1. The summed E-state index contributed by atoms with van der Waals surface area (Å²) in [4.78, 5) is 71.7. The van der Waals surface area contributed by atoms with E-state index >= 15 is 0 Å². The average molecular weight is 540 g/mol. The van der Waals surface area contributed by atoms with Gasteiger partial charge in [0.05, 0.1) is 18.9 Å². The minimum absolute atomic E-state index is 0.0204. The number of carboxylic acids is 3. The van der Waals surface area contributed by atoms with E-state index < -0.39 is 72.6 Å². The fourth-order valence-corrected chi connectivity index (χ4v) is 3.32. The zero-order valence-electron chi connectivity index (χ0n) is 20.5. The van der Waals surface area contributed by atoms with E-state index in [2.05, 4.69) is 16.0 Å². The maximum absolute atomic E-state index is 13.2. The van der Waals surface area contributed by atoms with E-state index in [0.717, 1.165) is 0 Å². The molecule has 15 heteroatoms. The number of carbonyl (C=O) groups excluding carboxylic acids is 3. The van der Waals surface area contributed by atoms with Gasteiger partial charge in [-0.3, -0.25) is 24.0 Å². The van der Waals surface area contributed by atoms with Gasteiger partial charge < -0.3 is 47.8 Å². The first-order valence-electron chi connectivity index (χ1n) is 11.6. The average Bonchev–Trinajstić information content (AvgIpc) is 2.82. The quantitative estimate of drug-likeness (QED) is 0.0961. The van der Waals surface area contributed by atoms with Crippen LogP contribution >= 0.6 is 0 Å². The molecule has 1 aromatic carbocycles. The minimum atomic E-state index is -1.75. The topological polar surface area (TPSA) is 271 Å². The number of hydrogen-bond donors (Lipinski definition) is 9. The Morgan fingerprint density at radius 3 is 1.79 bits per heavy atom. The first-order valence-corrected chi connectivity index (χ1v) is 11.6. The van der Waals surface area contributed by atoms with Crippen LogP contribution in [-0.2, 0) is 35.2 Å². The molecule has 0 saturated heterocycles. The van der Waals surface area contributed by atoms with Crippen LogP contribution in [0.25, 0.3) is 0 Å². The molecule has 0 bridgehead atoms. The number of rotatable bonds is 17. The number of carboxylic acid groups (broad SMARTS) is 3. The molecular weight excluding hydrogens is 506 g/mol. The highest BCUT2D eigenvalue weighted by atomic mass is 16.4. The molecule has 15 nitrogen and oxygen atoms in total. The second-order valence-corrected chi connectivity index (χ2v) is 8.48. The number of hydrogen-bond acceptors (Lipinski definition) is 9. The Morgan fingerprint density at radius 2 is 1.26 bits per heavy atom. The first kappa shape index (κ1) is 31.8. The standard InChI is InChI=1S/C23H33N5O10/c24-8-2-1-3-15(21(35)28-17(23(37)38)11-19(32)33)26-22(36)16(9-12-4-6-13(29)7-5-12)27-20(34)14(25)10-18(30)31/h4-7,14-17,29H,1-3,8-11,24-25H2,(H,26,36)(H,27,34)(H,28,35)(H,30,31)(H,32,33)(H,37,38)/t14-,15-,16-,17-/m0/s1. The summed E-state index contributed by atoms with van der Waals surface area (Å²) in [5, 5.41) is 43.4. The predicted octanol–water partition coefficient (Wildman–Crippen LogP) is -2.12. The van der Waals surface area contributed by atoms with E-state index in [1.54, 1.807) is 0 Å². The molecule has 38 heavy (non-hydrogen) atoms. The molecule has 1 rings (SSSR count). The minimum Gasteiger partial charge on any atom is -0.508 e. The van der Waals surface area contributed by atoms with Crippen molar-refractivity contribution in [2.75, 3.05) is 6.54 Å². The third-order valence-corrected chi connectivity index (χ3v) is 5.31. The van der Waals surface area contributed by atoms with Gasteiger partial charge in [-0.2, -0.15) is 0 Å². The van der Waals surface area contributed by atoms with Gasteiger partial charge in [0.2, 0.25) is 17.7 Å². The maximum Gasteiger partial charge on any atom is 0.326 e. The summed E-state index contributed by atoms with van der Waals surface area (Å²) in [7, 11) is 0. The van der Waals surface area contributed by atoms with Gasteiger partial charge in [-0.05, 0) is 43.5 Å². The number of nitrogens with one attached hydrogen (secondary N) is 3. The van der Waals surface area contributed by atoms with Gasteiger partial charge >= 0.3 is 17.9 Å². The molecular formula is C23H33N5O10. The second-order valence-electron chi connectivity index (χ2n) is 8.48. The normalized spacial score (nSPS) is 13.8. The van der Waals surface area contributed by atoms with Gasteiger partial charge in [-0.25, -0.2) is 4.79 Å². The summed E-state index contributed by atoms with van der Waals surface area (Å²) in [6.45, 7) is 0.278. The van der Waals surface area contributed by atoms with Crippen molar-refractivity contribution < 1.29 is 49.2 Å². The largest absolute Gasteiger partial charge is 0.508 e. The van der Waals surface area contributed by atoms with Crippen LogP contribution in [0.1, 0.15) is 37.7 Å². The Hall–Kier alpha value is -4.24. The second kappa shape index (κ2) is 15.8. The highest BCUT2D eigenvalue weighted by Gasteiger charge is 2.31. The summed E-state index contributed by atoms with van der Waals surface area (Å²) in [6.07, 6.45) is -0.897. The van der Waals surface area contributed by atoms with E-state index in [9.17, 15) is 39.0 Å². The van der Waals surface area contributed by atoms with E-state index in [1.807, 2.05) is 0 Å². The number of unbranched alkanes of at least 4 members (excludes halogenated alkanes) is 1. The van der Waals surface area contributed by atoms with Gasteiger partial charge in [0, 0.05) is 6.42 Å². The van der Waals surface area contributed by atoms with E-state index in [4.69, 9.17) is 21.7 Å². The number of amides is 3. The molecule has 0 unspecified atom stereocenters. The third-order valence-electron chi connectivity index (χ3n) is 5.31. The van der Waals surface area contributed by atoms with Crippen molar-refractivity contribution in [3.05, 3.63) is 29.8 Å². The zero-order chi connectivity index (χ0) is 28.8. The van der Waals surface area contributed by atoms with Gasteiger partial charge in [0.25, 0.3) is 0 Å². The van der Waals surface area contributed by atoms with E-state index in [-0.39, 0.29) is 25.1 Å². The van der Waals surface area contributed by atoms with Crippen molar-refractivity contribution in [3.63, 3.8) is 0 Å². The molecule has 0 fully saturated rings. The van der Waals surface area contributed by atoms with E-state index in [0.29, 0.717) is 18.4 Å². The summed E-state index contributed by atoms with van der Waals surface area (Å²) in [5.41, 5.74) is 11.6. The van der Waals surface area contributed by atoms with Crippen LogP contribution in [0, 0.1) is 0 Å². The Kier molecular flexibility index (Phi) is 13.2. The van der Waals surface area contributed by atoms with Crippen LogP contribution in [0.4, 0.5) is 0 Å². The lowest BCUT2D eigenvalue weighted by Crippen LogP contribution is -2.57. The summed E-state index contributed by atoms with van der Waals surface area (Å²) in [6, 6.07) is -0.224. The molecule has 1 aromatic rings. The fraction of sp³-hybridized carbons (Fsp3) is 0.478. The van der Waals surface area contributed by atoms with Crippen LogP contribution in [0.5, 0.6) is 5.75 Å². The van der Waals surface area contributed by atoms with Gasteiger partial charge in [-0.15, -0.1) is 0 Å². The molecule has 0 heterocycles. The Balaban J connectivity index is 3.15. The van der Waals surface area contributed by atoms with Crippen molar-refractivity contribution in [1.82, 2.24) is 16.0 Å². The molecule has 0 saturated carbocycles. The lowest BCUT2D eigenvalue weighted by molar-refractivity contribution is -0.147. The van der Waals surface area contributed by atoms with Crippen LogP contribution in [0.2, 0.25) is 0 Å². The van der Waals surface area contributed by atoms with Crippen molar-refractivity contribution in [3.8, 4) is 5.75 Å². The summed E-state index contributed by atoms with van der Waals surface area (Å²) >= 11 is 0. The smallest absolute Gasteiger partial charge is 0.326 e. The van der Waals surface area contributed by atoms with E-state index in [1.165, 1.54) is 24.3 Å². The van der Waals surface area contributed by atoms with Crippen molar-refractivity contribution in [2.45, 2.75) is 62.7 Å². The first-order chi connectivity index (χ1) is 17.8. The Bertz CT molecular complexity index is 1000. The van der Waals surface area contributed by atoms with Crippen molar-refractivity contribution >= 4 is 35.6 Å². The predicted molar refractivity (Wildman–Crippen MR) is 131 cm³/mol. The lowest BCUT2D eigenvalue weighted by atomic mass is 10.0. The number of aliphatic carboxylic acids is 3. The molecule has 0 aliphatic heterocycles. The maximum atomic E-state index is 13.2. The molecule has 0 radical (unpaired) electrons. The molecule has 0 aliphatic rings. The summed E-state index contributed by atoms with van der Waals surface area (Å²) in [5.74, 6) is -7.20. The fourth-order valence-electron chi connectivity index (χ4n) is 3.32. The molecule has 11 N–H and O–H groups in total. The monoisotopic (exact) mass is 539 g/mol. The number of phenolic OH excluding ortho intramolecular Hbond substituents is 1. The zero-order valence-corrected chi connectivity index (χ0v) is 20.5. The highest BCUT2D eigenvalue weighted by molar-refractivity contribution is 5.95. The number of carbonyl (C=O) groups is 6. The van der Waals surface area contributed by atoms with Crippen molar-refractivity contribution in [1.29, 1.82) is 0 Å². The summed E-state index contributed by atoms with van der Waals surface area (Å²) < 4.78 is 0. The molecule has 3 amide bonds. The van der Waals surface area contributed by atoms with Gasteiger partial charge in [0.1, 0.15) is 23.9 Å². The highest BCUT2D eigenvalue weighted by Crippen LogP contribution is 2.12.